The standard InChI is InChI=1S/C14H24N2O3/c1-16(10-6-2-3-7-10)14(19)15-12-9-5-4-8-11(12)13(17)18/h10-12H,2-9H2,1H3,(H,15,19)(H,17,18). The van der Waals surface area contributed by atoms with Gasteiger partial charge < -0.3 is 15.3 Å². The highest BCUT2D eigenvalue weighted by Crippen LogP contribution is 2.26. The molecule has 0 bridgehead atoms. The van der Waals surface area contributed by atoms with Crippen LogP contribution in [-0.2, 0) is 4.79 Å². The predicted octanol–water partition coefficient (Wildman–Crippen LogP) is 2.21. The van der Waals surface area contributed by atoms with E-state index in [1.165, 1.54) is 12.8 Å². The van der Waals surface area contributed by atoms with Gasteiger partial charge in [0.05, 0.1) is 5.92 Å². The molecule has 0 aromatic heterocycles. The van der Waals surface area contributed by atoms with Crippen LogP contribution in [0.2, 0.25) is 0 Å². The van der Waals surface area contributed by atoms with Gasteiger partial charge in [-0.1, -0.05) is 25.7 Å². The van der Waals surface area contributed by atoms with Crippen molar-refractivity contribution >= 4 is 12.0 Å². The molecule has 0 heterocycles. The molecule has 2 N–H and O–H groups in total. The van der Waals surface area contributed by atoms with E-state index in [1.54, 1.807) is 4.90 Å². The molecule has 0 aromatic carbocycles. The fourth-order valence-electron chi connectivity index (χ4n) is 3.32. The number of nitrogens with one attached hydrogen (secondary N) is 1. The number of hydrogen-bond acceptors (Lipinski definition) is 2. The van der Waals surface area contributed by atoms with Crippen molar-refractivity contribution < 1.29 is 14.7 Å². The molecule has 0 aliphatic heterocycles. The monoisotopic (exact) mass is 268 g/mol. The Labute approximate surface area is 114 Å². The van der Waals surface area contributed by atoms with Crippen molar-refractivity contribution in [2.75, 3.05) is 7.05 Å². The van der Waals surface area contributed by atoms with Crippen LogP contribution < -0.4 is 5.32 Å². The number of nitrogens with zero attached hydrogens (tertiary/aromatic N) is 1. The van der Waals surface area contributed by atoms with Crippen molar-refractivity contribution in [1.82, 2.24) is 10.2 Å². The summed E-state index contributed by atoms with van der Waals surface area (Å²) in [7, 11) is 1.82. The van der Waals surface area contributed by atoms with Gasteiger partial charge in [-0.2, -0.15) is 0 Å². The number of hydrogen-bond donors (Lipinski definition) is 2. The van der Waals surface area contributed by atoms with Crippen molar-refractivity contribution in [2.45, 2.75) is 63.5 Å². The lowest BCUT2D eigenvalue weighted by molar-refractivity contribution is -0.143. The van der Waals surface area contributed by atoms with Crippen LogP contribution in [0.4, 0.5) is 4.79 Å². The number of aliphatic carboxylic acids is 1. The summed E-state index contributed by atoms with van der Waals surface area (Å²) in [5, 5.41) is 12.1. The third-order valence-corrected chi connectivity index (χ3v) is 4.58. The highest BCUT2D eigenvalue weighted by atomic mass is 16.4. The Balaban J connectivity index is 1.90. The topological polar surface area (TPSA) is 69.6 Å². The molecular formula is C14H24N2O3. The highest BCUT2D eigenvalue weighted by molar-refractivity contribution is 5.77. The minimum absolute atomic E-state index is 0.106. The molecule has 108 valence electrons. The molecule has 2 saturated carbocycles. The lowest BCUT2D eigenvalue weighted by atomic mass is 9.84. The fraction of sp³-hybridized carbons (Fsp3) is 0.857. The Morgan fingerprint density at radius 3 is 2.26 bits per heavy atom. The van der Waals surface area contributed by atoms with Crippen molar-refractivity contribution in [3.8, 4) is 0 Å². The molecule has 5 nitrogen and oxygen atoms in total. The average Bonchev–Trinajstić information content (AvgIpc) is 2.92. The van der Waals surface area contributed by atoms with Gasteiger partial charge in [-0.3, -0.25) is 4.79 Å². The Bertz CT molecular complexity index is 340. The highest BCUT2D eigenvalue weighted by Gasteiger charge is 2.33. The number of carbonyl (C=O) groups excluding carboxylic acids is 1. The predicted molar refractivity (Wildman–Crippen MR) is 71.9 cm³/mol. The Morgan fingerprint density at radius 1 is 1.05 bits per heavy atom. The zero-order chi connectivity index (χ0) is 13.8. The number of rotatable bonds is 3. The molecule has 0 spiro atoms. The largest absolute Gasteiger partial charge is 0.481 e. The van der Waals surface area contributed by atoms with E-state index in [4.69, 9.17) is 0 Å². The van der Waals surface area contributed by atoms with Gasteiger partial charge in [0.1, 0.15) is 0 Å². The fourth-order valence-corrected chi connectivity index (χ4v) is 3.32. The summed E-state index contributed by atoms with van der Waals surface area (Å²) >= 11 is 0. The van der Waals surface area contributed by atoms with Crippen molar-refractivity contribution in [3.05, 3.63) is 0 Å². The molecule has 5 heteroatoms. The molecule has 0 radical (unpaired) electrons. The van der Waals surface area contributed by atoms with Gasteiger partial charge >= 0.3 is 12.0 Å². The first kappa shape index (κ1) is 14.2. The van der Waals surface area contributed by atoms with Crippen LogP contribution >= 0.6 is 0 Å². The second-order valence-electron chi connectivity index (χ2n) is 5.83. The van der Waals surface area contributed by atoms with E-state index >= 15 is 0 Å². The van der Waals surface area contributed by atoms with Crippen molar-refractivity contribution in [1.29, 1.82) is 0 Å². The van der Waals surface area contributed by atoms with E-state index in [0.717, 1.165) is 32.1 Å². The molecule has 2 aliphatic rings. The van der Waals surface area contributed by atoms with Gasteiger partial charge in [-0.05, 0) is 25.7 Å². The van der Waals surface area contributed by atoms with Crippen LogP contribution in [0.1, 0.15) is 51.4 Å². The zero-order valence-electron chi connectivity index (χ0n) is 11.6. The molecule has 2 fully saturated rings. The van der Waals surface area contributed by atoms with Crippen LogP contribution in [0.3, 0.4) is 0 Å². The molecule has 2 atom stereocenters. The third kappa shape index (κ3) is 3.39. The number of amides is 2. The average molecular weight is 268 g/mol. The SMILES string of the molecule is CN(C(=O)NC1CCCCC1C(=O)O)C1CCCC1. The summed E-state index contributed by atoms with van der Waals surface area (Å²) in [5.41, 5.74) is 0. The van der Waals surface area contributed by atoms with Crippen molar-refractivity contribution in [2.24, 2.45) is 5.92 Å². The van der Waals surface area contributed by atoms with E-state index < -0.39 is 11.9 Å². The maximum atomic E-state index is 12.2. The lowest BCUT2D eigenvalue weighted by Crippen LogP contribution is -2.51. The van der Waals surface area contributed by atoms with Crippen LogP contribution in [0.5, 0.6) is 0 Å². The van der Waals surface area contributed by atoms with E-state index in [0.29, 0.717) is 12.5 Å². The first-order valence-corrected chi connectivity index (χ1v) is 7.35. The summed E-state index contributed by atoms with van der Waals surface area (Å²) in [5.74, 6) is -1.21. The van der Waals surface area contributed by atoms with Gasteiger partial charge in [0, 0.05) is 19.1 Å². The van der Waals surface area contributed by atoms with Gasteiger partial charge in [-0.15, -0.1) is 0 Å². The Morgan fingerprint density at radius 2 is 1.63 bits per heavy atom. The Hall–Kier alpha value is -1.26. The van der Waals surface area contributed by atoms with E-state index in [9.17, 15) is 14.7 Å². The van der Waals surface area contributed by atoms with E-state index in [-0.39, 0.29) is 12.1 Å². The molecule has 2 unspecified atom stereocenters. The lowest BCUT2D eigenvalue weighted by Gasteiger charge is -2.32. The smallest absolute Gasteiger partial charge is 0.317 e. The number of urea groups is 1. The first-order chi connectivity index (χ1) is 9.09. The van der Waals surface area contributed by atoms with Gasteiger partial charge in [0.15, 0.2) is 0 Å². The molecule has 0 saturated heterocycles. The molecule has 2 amide bonds. The first-order valence-electron chi connectivity index (χ1n) is 7.35. The summed E-state index contributed by atoms with van der Waals surface area (Å²) in [4.78, 5) is 25.2. The summed E-state index contributed by atoms with van der Waals surface area (Å²) in [6, 6.07) is 0.0134. The zero-order valence-corrected chi connectivity index (χ0v) is 11.6. The van der Waals surface area contributed by atoms with E-state index in [1.807, 2.05) is 7.05 Å². The number of carboxylic acids is 1. The molecule has 2 rings (SSSR count). The van der Waals surface area contributed by atoms with Crippen LogP contribution in [0, 0.1) is 5.92 Å². The Kier molecular flexibility index (Phi) is 4.66. The molecule has 2 aliphatic carbocycles. The van der Waals surface area contributed by atoms with Crippen LogP contribution in [0.25, 0.3) is 0 Å². The summed E-state index contributed by atoms with van der Waals surface area (Å²) in [6.45, 7) is 0. The number of carbonyl (C=O) groups is 2. The molecule has 0 aromatic rings. The quantitative estimate of drug-likeness (QED) is 0.824. The van der Waals surface area contributed by atoms with E-state index in [2.05, 4.69) is 5.32 Å². The second-order valence-corrected chi connectivity index (χ2v) is 5.83. The summed E-state index contributed by atoms with van der Waals surface area (Å²) < 4.78 is 0. The van der Waals surface area contributed by atoms with Gasteiger partial charge in [-0.25, -0.2) is 4.79 Å². The van der Waals surface area contributed by atoms with Crippen LogP contribution in [0.15, 0.2) is 0 Å². The van der Waals surface area contributed by atoms with Gasteiger partial charge in [0.2, 0.25) is 0 Å². The minimum atomic E-state index is -0.784. The third-order valence-electron chi connectivity index (χ3n) is 4.58. The number of carboxylic acid groups (broad SMARTS) is 1. The van der Waals surface area contributed by atoms with Crippen LogP contribution in [-0.4, -0.2) is 41.1 Å². The maximum absolute atomic E-state index is 12.2. The maximum Gasteiger partial charge on any atom is 0.317 e. The second kappa shape index (κ2) is 6.26. The normalized spacial score (nSPS) is 28.1. The minimum Gasteiger partial charge on any atom is -0.481 e. The summed E-state index contributed by atoms with van der Waals surface area (Å²) in [6.07, 6.45) is 7.90. The van der Waals surface area contributed by atoms with Gasteiger partial charge in [0.25, 0.3) is 0 Å². The molecular weight excluding hydrogens is 244 g/mol. The molecule has 19 heavy (non-hydrogen) atoms. The van der Waals surface area contributed by atoms with Crippen molar-refractivity contribution in [3.63, 3.8) is 0 Å².